The van der Waals surface area contributed by atoms with Crippen LogP contribution >= 0.6 is 11.6 Å². The fourth-order valence-corrected chi connectivity index (χ4v) is 4.78. The summed E-state index contributed by atoms with van der Waals surface area (Å²) in [6, 6.07) is 11.8. The van der Waals surface area contributed by atoms with Gasteiger partial charge in [-0.3, -0.25) is 9.69 Å². The van der Waals surface area contributed by atoms with E-state index in [1.807, 2.05) is 49.6 Å². The summed E-state index contributed by atoms with van der Waals surface area (Å²) >= 11 is 6.41. The third-order valence-corrected chi connectivity index (χ3v) is 6.39. The van der Waals surface area contributed by atoms with Crippen LogP contribution in [0, 0.1) is 19.7 Å². The van der Waals surface area contributed by atoms with Gasteiger partial charge < -0.3 is 14.6 Å². The smallest absolute Gasteiger partial charge is 0.253 e. The lowest BCUT2D eigenvalue weighted by molar-refractivity contribution is -0.0346. The third-order valence-electron chi connectivity index (χ3n) is 6.06. The first kappa shape index (κ1) is 23.4. The third kappa shape index (κ3) is 4.95. The topological polar surface area (TPSA) is 59.4 Å². The molecule has 3 aromatic rings. The Morgan fingerprint density at radius 3 is 2.82 bits per heavy atom. The highest BCUT2D eigenvalue weighted by atomic mass is 35.5. The van der Waals surface area contributed by atoms with Crippen LogP contribution in [0.5, 0.6) is 0 Å². The molecule has 1 aliphatic heterocycles. The van der Waals surface area contributed by atoms with Gasteiger partial charge in [0.1, 0.15) is 11.6 Å². The number of aryl methyl sites for hydroxylation is 1. The first-order valence-electron chi connectivity index (χ1n) is 11.0. The Hall–Kier alpha value is -2.74. The van der Waals surface area contributed by atoms with Crippen LogP contribution in [0.4, 0.5) is 4.39 Å². The summed E-state index contributed by atoms with van der Waals surface area (Å²) in [7, 11) is 0. The van der Waals surface area contributed by atoms with Gasteiger partial charge in [-0.1, -0.05) is 23.7 Å². The lowest BCUT2D eigenvalue weighted by atomic mass is 10.0. The number of aromatic nitrogens is 2. The van der Waals surface area contributed by atoms with E-state index in [1.165, 1.54) is 6.07 Å². The molecule has 2 unspecified atom stereocenters. The zero-order valence-corrected chi connectivity index (χ0v) is 19.8. The summed E-state index contributed by atoms with van der Waals surface area (Å²) < 4.78 is 22.4. The van der Waals surface area contributed by atoms with Crippen molar-refractivity contribution in [1.29, 1.82) is 0 Å². The molecule has 4 rings (SSSR count). The molecule has 1 fully saturated rings. The van der Waals surface area contributed by atoms with Gasteiger partial charge in [-0.15, -0.1) is 0 Å². The quantitative estimate of drug-likeness (QED) is 0.577. The van der Waals surface area contributed by atoms with E-state index in [-0.39, 0.29) is 24.4 Å². The van der Waals surface area contributed by atoms with Crippen LogP contribution < -0.4 is 5.32 Å². The molecule has 8 heteroatoms. The summed E-state index contributed by atoms with van der Waals surface area (Å²) in [5, 5.41) is 3.37. The SMILES string of the molecule is Cc1cc(C(=O)NCC(c2c(F)cccc2Cl)N2CCOC(C)C2)c(C)n1-c1ccccn1. The van der Waals surface area contributed by atoms with Crippen LogP contribution in [-0.2, 0) is 4.74 Å². The van der Waals surface area contributed by atoms with Gasteiger partial charge in [-0.05, 0) is 51.1 Å². The molecule has 0 saturated carbocycles. The van der Waals surface area contributed by atoms with Crippen LogP contribution in [0.2, 0.25) is 5.02 Å². The number of morpholine rings is 1. The van der Waals surface area contributed by atoms with Gasteiger partial charge in [0, 0.05) is 47.8 Å². The molecule has 1 aliphatic rings. The maximum Gasteiger partial charge on any atom is 0.253 e. The highest BCUT2D eigenvalue weighted by molar-refractivity contribution is 6.31. The molecule has 174 valence electrons. The summed E-state index contributed by atoms with van der Waals surface area (Å²) in [6.45, 7) is 7.84. The molecule has 0 radical (unpaired) electrons. The molecule has 6 nitrogen and oxygen atoms in total. The zero-order chi connectivity index (χ0) is 23.5. The second kappa shape index (κ2) is 10.0. The first-order valence-corrected chi connectivity index (χ1v) is 11.4. The van der Waals surface area contributed by atoms with Crippen molar-refractivity contribution in [1.82, 2.24) is 19.8 Å². The molecule has 1 saturated heterocycles. The van der Waals surface area contributed by atoms with Crippen molar-refractivity contribution in [3.63, 3.8) is 0 Å². The van der Waals surface area contributed by atoms with Crippen LogP contribution in [0.1, 0.15) is 40.3 Å². The van der Waals surface area contributed by atoms with E-state index >= 15 is 0 Å². The average molecular weight is 471 g/mol. The van der Waals surface area contributed by atoms with Gasteiger partial charge in [0.05, 0.1) is 24.3 Å². The zero-order valence-electron chi connectivity index (χ0n) is 19.0. The van der Waals surface area contributed by atoms with E-state index in [1.54, 1.807) is 18.3 Å². The average Bonchev–Trinajstić information content (AvgIpc) is 3.10. The Balaban J connectivity index is 1.59. The minimum absolute atomic E-state index is 0.0137. The molecule has 2 aromatic heterocycles. The van der Waals surface area contributed by atoms with Crippen LogP contribution in [0.15, 0.2) is 48.7 Å². The highest BCUT2D eigenvalue weighted by Gasteiger charge is 2.30. The van der Waals surface area contributed by atoms with Gasteiger partial charge in [-0.25, -0.2) is 9.37 Å². The molecule has 0 spiro atoms. The Morgan fingerprint density at radius 2 is 2.12 bits per heavy atom. The fraction of sp³-hybridized carbons (Fsp3) is 0.360. The number of rotatable bonds is 6. The predicted molar refractivity (Wildman–Crippen MR) is 127 cm³/mol. The Bertz CT molecular complexity index is 1110. The number of hydrogen-bond donors (Lipinski definition) is 1. The molecule has 3 heterocycles. The monoisotopic (exact) mass is 470 g/mol. The molecule has 1 N–H and O–H groups in total. The van der Waals surface area contributed by atoms with Gasteiger partial charge in [0.25, 0.3) is 5.91 Å². The number of nitrogens with one attached hydrogen (secondary N) is 1. The van der Waals surface area contributed by atoms with E-state index in [0.29, 0.717) is 35.8 Å². The van der Waals surface area contributed by atoms with E-state index in [4.69, 9.17) is 16.3 Å². The molecular weight excluding hydrogens is 443 g/mol. The Kier molecular flexibility index (Phi) is 7.12. The molecule has 0 aliphatic carbocycles. The largest absolute Gasteiger partial charge is 0.376 e. The van der Waals surface area contributed by atoms with Gasteiger partial charge in [0.2, 0.25) is 0 Å². The number of carbonyl (C=O) groups excluding carboxylic acids is 1. The standard InChI is InChI=1S/C25H28ClFN4O2/c1-16-13-19(18(3)31(16)23-9-4-5-10-28-23)25(32)29-14-22(30-11-12-33-17(2)15-30)24-20(26)7-6-8-21(24)27/h4-10,13,17,22H,11-12,14-15H2,1-3H3,(H,29,32). The van der Waals surface area contributed by atoms with E-state index in [9.17, 15) is 9.18 Å². The van der Waals surface area contributed by atoms with Crippen LogP contribution in [0.3, 0.4) is 0 Å². The second-order valence-electron chi connectivity index (χ2n) is 8.35. The number of halogens is 2. The summed E-state index contributed by atoms with van der Waals surface area (Å²) in [5.41, 5.74) is 2.66. The highest BCUT2D eigenvalue weighted by Crippen LogP contribution is 2.31. The van der Waals surface area contributed by atoms with Crippen LogP contribution in [0.25, 0.3) is 5.82 Å². The number of benzene rings is 1. The summed E-state index contributed by atoms with van der Waals surface area (Å²) in [6.07, 6.45) is 1.74. The molecule has 1 aromatic carbocycles. The van der Waals surface area contributed by atoms with Crippen molar-refractivity contribution in [3.05, 3.63) is 82.0 Å². The fourth-order valence-electron chi connectivity index (χ4n) is 4.49. The van der Waals surface area contributed by atoms with Gasteiger partial charge >= 0.3 is 0 Å². The molecule has 1 amide bonds. The van der Waals surface area contributed by atoms with E-state index in [0.717, 1.165) is 17.2 Å². The van der Waals surface area contributed by atoms with Crippen LogP contribution in [-0.4, -0.2) is 52.7 Å². The predicted octanol–water partition coefficient (Wildman–Crippen LogP) is 4.47. The number of hydrogen-bond acceptors (Lipinski definition) is 4. The summed E-state index contributed by atoms with van der Waals surface area (Å²) in [5.74, 6) is 0.156. The number of nitrogens with zero attached hydrogens (tertiary/aromatic N) is 3. The Morgan fingerprint density at radius 1 is 1.30 bits per heavy atom. The molecule has 0 bridgehead atoms. The van der Waals surface area contributed by atoms with Gasteiger partial charge in [-0.2, -0.15) is 0 Å². The second-order valence-corrected chi connectivity index (χ2v) is 8.75. The number of ether oxygens (including phenoxy) is 1. The lowest BCUT2D eigenvalue weighted by Crippen LogP contribution is -2.47. The van der Waals surface area contributed by atoms with Crippen molar-refractivity contribution in [2.24, 2.45) is 0 Å². The maximum atomic E-state index is 14.8. The van der Waals surface area contributed by atoms with Crippen molar-refractivity contribution in [2.75, 3.05) is 26.2 Å². The minimum atomic E-state index is -0.409. The summed E-state index contributed by atoms with van der Waals surface area (Å²) in [4.78, 5) is 19.7. The van der Waals surface area contributed by atoms with Gasteiger partial charge in [0.15, 0.2) is 0 Å². The Labute approximate surface area is 198 Å². The number of amides is 1. The number of carbonyl (C=O) groups is 1. The molecule has 2 atom stereocenters. The maximum absolute atomic E-state index is 14.8. The molecular formula is C25H28ClFN4O2. The number of pyridine rings is 1. The van der Waals surface area contributed by atoms with Crippen molar-refractivity contribution in [3.8, 4) is 5.82 Å². The minimum Gasteiger partial charge on any atom is -0.376 e. The first-order chi connectivity index (χ1) is 15.9. The van der Waals surface area contributed by atoms with Crippen molar-refractivity contribution >= 4 is 17.5 Å². The lowest BCUT2D eigenvalue weighted by Gasteiger charge is -2.38. The normalized spacial score (nSPS) is 17.7. The van der Waals surface area contributed by atoms with E-state index in [2.05, 4.69) is 15.2 Å². The van der Waals surface area contributed by atoms with Crippen molar-refractivity contribution < 1.29 is 13.9 Å². The van der Waals surface area contributed by atoms with Crippen molar-refractivity contribution in [2.45, 2.75) is 32.9 Å². The van der Waals surface area contributed by atoms with E-state index < -0.39 is 6.04 Å². The molecule has 33 heavy (non-hydrogen) atoms.